The van der Waals surface area contributed by atoms with Crippen LogP contribution in [0.3, 0.4) is 0 Å². The number of alkyl halides is 6. The SMILES string of the molecule is CC(C)(CC(=O)Nc1nc2ccc(C#N)cc2n1C(C)(C)C(F)(F)F)C(F)(F)F. The number of halogens is 6. The second kappa shape index (κ2) is 6.93. The third-order valence-electron chi connectivity index (χ3n) is 4.66. The maximum atomic E-state index is 13.7. The number of nitriles is 1. The molecule has 0 spiro atoms. The molecule has 29 heavy (non-hydrogen) atoms. The average Bonchev–Trinajstić information content (AvgIpc) is 2.88. The molecular weight excluding hydrogens is 402 g/mol. The summed E-state index contributed by atoms with van der Waals surface area (Å²) in [5.74, 6) is -1.69. The van der Waals surface area contributed by atoms with Crippen molar-refractivity contribution in [2.45, 2.75) is 52.0 Å². The summed E-state index contributed by atoms with van der Waals surface area (Å²) in [5, 5.41) is 11.1. The highest BCUT2D eigenvalue weighted by Crippen LogP contribution is 2.42. The van der Waals surface area contributed by atoms with Crippen LogP contribution in [0.25, 0.3) is 11.0 Å². The molecular formula is C18H18F6N4O. The van der Waals surface area contributed by atoms with Crippen LogP contribution in [0.1, 0.15) is 39.7 Å². The number of hydrogen-bond donors (Lipinski definition) is 1. The fourth-order valence-electron chi connectivity index (χ4n) is 2.59. The van der Waals surface area contributed by atoms with E-state index in [1.807, 2.05) is 0 Å². The van der Waals surface area contributed by atoms with E-state index in [4.69, 9.17) is 5.26 Å². The number of nitrogens with one attached hydrogen (secondary N) is 1. The first-order valence-electron chi connectivity index (χ1n) is 8.37. The summed E-state index contributed by atoms with van der Waals surface area (Å²) in [6.07, 6.45) is -10.5. The molecule has 0 atom stereocenters. The van der Waals surface area contributed by atoms with Crippen LogP contribution in [0.2, 0.25) is 0 Å². The van der Waals surface area contributed by atoms with Crippen LogP contribution >= 0.6 is 0 Å². The maximum absolute atomic E-state index is 13.7. The number of carbonyl (C=O) groups is 1. The van der Waals surface area contributed by atoms with Gasteiger partial charge in [0.2, 0.25) is 11.9 Å². The first-order chi connectivity index (χ1) is 13.0. The van der Waals surface area contributed by atoms with Crippen molar-refractivity contribution in [2.75, 3.05) is 5.32 Å². The number of imidazole rings is 1. The van der Waals surface area contributed by atoms with Gasteiger partial charge in [0.25, 0.3) is 0 Å². The van der Waals surface area contributed by atoms with E-state index in [0.717, 1.165) is 27.7 Å². The van der Waals surface area contributed by atoms with Gasteiger partial charge in [-0.15, -0.1) is 0 Å². The molecule has 0 aliphatic rings. The largest absolute Gasteiger partial charge is 0.411 e. The number of benzene rings is 1. The molecule has 158 valence electrons. The smallest absolute Gasteiger partial charge is 0.296 e. The zero-order valence-corrected chi connectivity index (χ0v) is 16.0. The lowest BCUT2D eigenvalue weighted by molar-refractivity contribution is -0.213. The predicted octanol–water partition coefficient (Wildman–Crippen LogP) is 5.12. The number of carbonyl (C=O) groups excluding carboxylic acids is 1. The van der Waals surface area contributed by atoms with Crippen molar-refractivity contribution in [1.29, 1.82) is 5.26 Å². The van der Waals surface area contributed by atoms with Crippen LogP contribution in [-0.2, 0) is 10.3 Å². The van der Waals surface area contributed by atoms with E-state index in [-0.39, 0.29) is 16.6 Å². The molecule has 1 heterocycles. The Labute approximate surface area is 162 Å². The van der Waals surface area contributed by atoms with E-state index >= 15 is 0 Å². The molecule has 0 fully saturated rings. The maximum Gasteiger partial charge on any atom is 0.411 e. The Hall–Kier alpha value is -2.77. The van der Waals surface area contributed by atoms with Gasteiger partial charge in [-0.25, -0.2) is 4.98 Å². The molecule has 0 aliphatic heterocycles. The molecule has 1 amide bonds. The van der Waals surface area contributed by atoms with Gasteiger partial charge in [0.1, 0.15) is 5.54 Å². The quantitative estimate of drug-likeness (QED) is 0.698. The Morgan fingerprint density at radius 3 is 2.17 bits per heavy atom. The van der Waals surface area contributed by atoms with Gasteiger partial charge in [-0.05, 0) is 32.0 Å². The standard InChI is InChI=1S/C18H18F6N4O/c1-15(2,17(19,20)21)8-13(29)27-14-26-11-6-5-10(9-25)7-12(11)28(14)16(3,4)18(22,23)24/h5-7H,8H2,1-4H3,(H,26,27,29). The highest BCUT2D eigenvalue weighted by molar-refractivity contribution is 5.92. The average molecular weight is 420 g/mol. The van der Waals surface area contributed by atoms with Gasteiger partial charge in [0, 0.05) is 6.42 Å². The fourth-order valence-corrected chi connectivity index (χ4v) is 2.59. The first-order valence-corrected chi connectivity index (χ1v) is 8.37. The molecule has 1 aromatic heterocycles. The second-order valence-corrected chi connectivity index (χ2v) is 7.75. The van der Waals surface area contributed by atoms with Gasteiger partial charge in [-0.2, -0.15) is 31.6 Å². The summed E-state index contributed by atoms with van der Waals surface area (Å²) < 4.78 is 80.8. The van der Waals surface area contributed by atoms with E-state index in [0.29, 0.717) is 4.57 Å². The summed E-state index contributed by atoms with van der Waals surface area (Å²) in [6, 6.07) is 5.60. The van der Waals surface area contributed by atoms with Crippen molar-refractivity contribution in [3.8, 4) is 6.07 Å². The van der Waals surface area contributed by atoms with Gasteiger partial charge >= 0.3 is 12.4 Å². The minimum atomic E-state index is -4.78. The minimum Gasteiger partial charge on any atom is -0.296 e. The number of hydrogen-bond acceptors (Lipinski definition) is 3. The lowest BCUT2D eigenvalue weighted by Gasteiger charge is -2.32. The monoisotopic (exact) mass is 420 g/mol. The second-order valence-electron chi connectivity index (χ2n) is 7.75. The van der Waals surface area contributed by atoms with Crippen LogP contribution in [0.4, 0.5) is 32.3 Å². The Balaban J connectivity index is 2.58. The summed E-state index contributed by atoms with van der Waals surface area (Å²) in [6.45, 7) is 3.30. The Morgan fingerprint density at radius 1 is 1.10 bits per heavy atom. The number of aromatic nitrogens is 2. The van der Waals surface area contributed by atoms with Crippen LogP contribution in [0.15, 0.2) is 18.2 Å². The molecule has 5 nitrogen and oxygen atoms in total. The topological polar surface area (TPSA) is 70.7 Å². The third kappa shape index (κ3) is 4.16. The number of fused-ring (bicyclic) bond motifs is 1. The molecule has 0 radical (unpaired) electrons. The van der Waals surface area contributed by atoms with Crippen molar-refractivity contribution in [3.05, 3.63) is 23.8 Å². The number of anilines is 1. The Bertz CT molecular complexity index is 979. The molecule has 0 saturated heterocycles. The molecule has 1 aromatic carbocycles. The molecule has 0 bridgehead atoms. The minimum absolute atomic E-state index is 0.0479. The van der Waals surface area contributed by atoms with Crippen LogP contribution < -0.4 is 5.32 Å². The van der Waals surface area contributed by atoms with E-state index in [2.05, 4.69) is 10.3 Å². The van der Waals surface area contributed by atoms with Crippen molar-refractivity contribution >= 4 is 22.9 Å². The zero-order valence-electron chi connectivity index (χ0n) is 16.0. The lowest BCUT2D eigenvalue weighted by Crippen LogP contribution is -2.43. The zero-order chi connectivity index (χ0) is 22.4. The van der Waals surface area contributed by atoms with E-state index in [9.17, 15) is 31.1 Å². The summed E-state index contributed by atoms with van der Waals surface area (Å²) in [7, 11) is 0. The molecule has 2 aromatic rings. The molecule has 0 unspecified atom stereocenters. The van der Waals surface area contributed by atoms with Gasteiger partial charge in [0.15, 0.2) is 0 Å². The Morgan fingerprint density at radius 2 is 1.69 bits per heavy atom. The molecule has 0 saturated carbocycles. The number of amides is 1. The van der Waals surface area contributed by atoms with Gasteiger partial charge < -0.3 is 0 Å². The summed E-state index contributed by atoms with van der Waals surface area (Å²) in [5.41, 5.74) is -4.93. The highest BCUT2D eigenvalue weighted by atomic mass is 19.4. The summed E-state index contributed by atoms with van der Waals surface area (Å²) in [4.78, 5) is 16.1. The number of rotatable bonds is 4. The van der Waals surface area contributed by atoms with Crippen molar-refractivity contribution in [1.82, 2.24) is 9.55 Å². The first kappa shape index (κ1) is 22.5. The van der Waals surface area contributed by atoms with Gasteiger partial charge in [-0.1, -0.05) is 13.8 Å². The molecule has 2 rings (SSSR count). The summed E-state index contributed by atoms with van der Waals surface area (Å²) >= 11 is 0. The van der Waals surface area contributed by atoms with Crippen molar-refractivity contribution in [2.24, 2.45) is 5.41 Å². The van der Waals surface area contributed by atoms with Crippen molar-refractivity contribution < 1.29 is 31.1 Å². The van der Waals surface area contributed by atoms with E-state index < -0.39 is 41.6 Å². The van der Waals surface area contributed by atoms with E-state index in [1.54, 1.807) is 6.07 Å². The normalized spacial score (nSPS) is 13.4. The number of nitrogens with zero attached hydrogens (tertiary/aromatic N) is 3. The van der Waals surface area contributed by atoms with Crippen molar-refractivity contribution in [3.63, 3.8) is 0 Å². The highest BCUT2D eigenvalue weighted by Gasteiger charge is 2.51. The van der Waals surface area contributed by atoms with Crippen LogP contribution in [0.5, 0.6) is 0 Å². The Kier molecular flexibility index (Phi) is 5.38. The van der Waals surface area contributed by atoms with E-state index in [1.165, 1.54) is 18.2 Å². The molecule has 0 aliphatic carbocycles. The molecule has 11 heteroatoms. The predicted molar refractivity (Wildman–Crippen MR) is 92.9 cm³/mol. The lowest BCUT2D eigenvalue weighted by atomic mass is 9.88. The van der Waals surface area contributed by atoms with Crippen LogP contribution in [-0.4, -0.2) is 27.8 Å². The van der Waals surface area contributed by atoms with Crippen LogP contribution in [0, 0.1) is 16.7 Å². The third-order valence-corrected chi connectivity index (χ3v) is 4.66. The fraction of sp³-hybridized carbons (Fsp3) is 0.500. The van der Waals surface area contributed by atoms with Gasteiger partial charge in [0.05, 0.1) is 28.1 Å². The molecule has 1 N–H and O–H groups in total. The van der Waals surface area contributed by atoms with Gasteiger partial charge in [-0.3, -0.25) is 14.7 Å².